The van der Waals surface area contributed by atoms with Crippen LogP contribution in [0.5, 0.6) is 0 Å². The Kier molecular flexibility index (Phi) is 3.18. The number of methoxy groups -OCH3 is 1. The molecule has 0 spiro atoms. The third kappa shape index (κ3) is 2.29. The topological polar surface area (TPSA) is 15.7 Å². The van der Waals surface area contributed by atoms with Crippen molar-refractivity contribution in [2.45, 2.75) is 0 Å². The third-order valence-corrected chi connectivity index (χ3v) is 1.72. The van der Waals surface area contributed by atoms with Crippen LogP contribution < -0.4 is 0 Å². The van der Waals surface area contributed by atoms with Crippen LogP contribution in [-0.4, -0.2) is 57.7 Å². The van der Waals surface area contributed by atoms with Gasteiger partial charge in [-0.15, -0.1) is 0 Å². The fourth-order valence-electron chi connectivity index (χ4n) is 1.08. The van der Waals surface area contributed by atoms with E-state index in [1.54, 1.807) is 7.11 Å². The zero-order valence-corrected chi connectivity index (χ0v) is 6.42. The highest BCUT2D eigenvalue weighted by atomic mass is 16.5. The van der Waals surface area contributed by atoms with Gasteiger partial charge in [0.2, 0.25) is 0 Å². The van der Waals surface area contributed by atoms with Crippen molar-refractivity contribution in [2.75, 3.05) is 40.0 Å². The monoisotopic (exact) mass is 140 g/mol. The van der Waals surface area contributed by atoms with E-state index in [1.807, 2.05) is 4.81 Å². The first-order valence-corrected chi connectivity index (χ1v) is 3.54. The molecule has 1 saturated heterocycles. The van der Waals surface area contributed by atoms with Crippen molar-refractivity contribution >= 4 is 7.98 Å². The fourth-order valence-corrected chi connectivity index (χ4v) is 1.08. The minimum atomic E-state index is 0.730. The predicted octanol–water partition coefficient (Wildman–Crippen LogP) is -0.709. The number of hydrogen-bond acceptors (Lipinski definition) is 3. The summed E-state index contributed by atoms with van der Waals surface area (Å²) in [6, 6.07) is 0. The molecular formula is C6H13BN2O. The van der Waals surface area contributed by atoms with Crippen LogP contribution in [0.2, 0.25) is 0 Å². The van der Waals surface area contributed by atoms with Gasteiger partial charge in [0.05, 0.1) is 6.73 Å². The average molecular weight is 140 g/mol. The smallest absolute Gasteiger partial charge is 0.182 e. The van der Waals surface area contributed by atoms with Gasteiger partial charge in [-0.2, -0.15) is 0 Å². The van der Waals surface area contributed by atoms with Crippen molar-refractivity contribution in [3.05, 3.63) is 0 Å². The first-order valence-electron chi connectivity index (χ1n) is 3.54. The summed E-state index contributed by atoms with van der Waals surface area (Å²) < 4.78 is 4.98. The molecule has 1 aliphatic rings. The van der Waals surface area contributed by atoms with E-state index in [-0.39, 0.29) is 0 Å². The molecule has 0 aliphatic carbocycles. The summed E-state index contributed by atoms with van der Waals surface area (Å²) in [6.07, 6.45) is 0. The Morgan fingerprint density at radius 3 is 2.40 bits per heavy atom. The average Bonchev–Trinajstić information content (AvgIpc) is 1.95. The van der Waals surface area contributed by atoms with Gasteiger partial charge in [0.1, 0.15) is 0 Å². The van der Waals surface area contributed by atoms with Crippen LogP contribution in [0.25, 0.3) is 0 Å². The summed E-state index contributed by atoms with van der Waals surface area (Å²) in [5.74, 6) is 0. The van der Waals surface area contributed by atoms with Crippen molar-refractivity contribution < 1.29 is 4.74 Å². The highest BCUT2D eigenvalue weighted by Crippen LogP contribution is 1.96. The molecule has 1 aliphatic heterocycles. The van der Waals surface area contributed by atoms with Gasteiger partial charge >= 0.3 is 0 Å². The van der Waals surface area contributed by atoms with E-state index in [2.05, 4.69) is 4.90 Å². The Labute approximate surface area is 63.4 Å². The quantitative estimate of drug-likeness (QED) is 0.471. The molecule has 56 valence electrons. The van der Waals surface area contributed by atoms with E-state index in [9.17, 15) is 0 Å². The van der Waals surface area contributed by atoms with E-state index >= 15 is 0 Å². The van der Waals surface area contributed by atoms with Gasteiger partial charge < -0.3 is 9.55 Å². The number of nitrogens with zero attached hydrogens (tertiary/aromatic N) is 2. The first kappa shape index (κ1) is 8.05. The van der Waals surface area contributed by atoms with E-state index in [0.29, 0.717) is 0 Å². The minimum absolute atomic E-state index is 0.730. The Morgan fingerprint density at radius 2 is 1.90 bits per heavy atom. The van der Waals surface area contributed by atoms with Gasteiger partial charge in [-0.3, -0.25) is 4.90 Å². The van der Waals surface area contributed by atoms with E-state index in [0.717, 1.165) is 32.9 Å². The lowest BCUT2D eigenvalue weighted by atomic mass is 10.2. The highest BCUT2D eigenvalue weighted by molar-refractivity contribution is 6.04. The van der Waals surface area contributed by atoms with Crippen LogP contribution in [0, 0.1) is 0 Å². The molecule has 3 nitrogen and oxygen atoms in total. The molecular weight excluding hydrogens is 127 g/mol. The number of hydrogen-bond donors (Lipinski definition) is 0. The molecule has 0 bridgehead atoms. The number of piperazine rings is 1. The van der Waals surface area contributed by atoms with Crippen LogP contribution in [-0.2, 0) is 4.74 Å². The molecule has 0 atom stereocenters. The molecule has 2 radical (unpaired) electrons. The molecule has 1 heterocycles. The van der Waals surface area contributed by atoms with Crippen molar-refractivity contribution in [3.8, 4) is 0 Å². The summed E-state index contributed by atoms with van der Waals surface area (Å²) in [5, 5.41) is 0. The largest absolute Gasteiger partial charge is 0.369 e. The van der Waals surface area contributed by atoms with Crippen LogP contribution >= 0.6 is 0 Å². The molecule has 0 saturated carbocycles. The van der Waals surface area contributed by atoms with Crippen molar-refractivity contribution in [1.82, 2.24) is 9.71 Å². The third-order valence-electron chi connectivity index (χ3n) is 1.72. The van der Waals surface area contributed by atoms with Gasteiger partial charge in [0.15, 0.2) is 7.98 Å². The summed E-state index contributed by atoms with van der Waals surface area (Å²) in [5.41, 5.74) is 0. The second-order valence-corrected chi connectivity index (χ2v) is 2.57. The predicted molar refractivity (Wildman–Crippen MR) is 40.8 cm³/mol. The molecule has 0 amide bonds. The SMILES string of the molecule is [B]N1CCN(COC)CC1. The molecule has 0 N–H and O–H groups in total. The molecule has 4 heteroatoms. The molecule has 0 aromatic rings. The van der Waals surface area contributed by atoms with Gasteiger partial charge in [-0.1, -0.05) is 0 Å². The molecule has 10 heavy (non-hydrogen) atoms. The second kappa shape index (κ2) is 3.96. The van der Waals surface area contributed by atoms with Gasteiger partial charge in [0, 0.05) is 20.2 Å². The van der Waals surface area contributed by atoms with Crippen LogP contribution in [0.3, 0.4) is 0 Å². The van der Waals surface area contributed by atoms with Crippen molar-refractivity contribution in [1.29, 1.82) is 0 Å². The van der Waals surface area contributed by atoms with Crippen LogP contribution in [0.1, 0.15) is 0 Å². The molecule has 0 aromatic carbocycles. The minimum Gasteiger partial charge on any atom is -0.369 e. The zero-order valence-electron chi connectivity index (χ0n) is 6.42. The lowest BCUT2D eigenvalue weighted by Crippen LogP contribution is -2.45. The van der Waals surface area contributed by atoms with E-state index in [4.69, 9.17) is 12.7 Å². The molecule has 1 fully saturated rings. The van der Waals surface area contributed by atoms with Crippen molar-refractivity contribution in [3.63, 3.8) is 0 Å². The van der Waals surface area contributed by atoms with Crippen molar-refractivity contribution in [2.24, 2.45) is 0 Å². The fraction of sp³-hybridized carbons (Fsp3) is 1.00. The van der Waals surface area contributed by atoms with E-state index in [1.165, 1.54) is 0 Å². The van der Waals surface area contributed by atoms with Crippen LogP contribution in [0.4, 0.5) is 0 Å². The Morgan fingerprint density at radius 1 is 1.30 bits per heavy atom. The molecule has 1 rings (SSSR count). The first-order chi connectivity index (χ1) is 4.83. The van der Waals surface area contributed by atoms with Crippen LogP contribution in [0.15, 0.2) is 0 Å². The van der Waals surface area contributed by atoms with Gasteiger partial charge in [-0.05, 0) is 13.1 Å². The number of ether oxygens (including phenoxy) is 1. The summed E-state index contributed by atoms with van der Waals surface area (Å²) >= 11 is 0. The highest BCUT2D eigenvalue weighted by Gasteiger charge is 2.11. The summed E-state index contributed by atoms with van der Waals surface area (Å²) in [4.78, 5) is 4.08. The Balaban J connectivity index is 2.13. The van der Waals surface area contributed by atoms with E-state index < -0.39 is 0 Å². The Bertz CT molecular complexity index is 93.7. The zero-order chi connectivity index (χ0) is 7.40. The lowest BCUT2D eigenvalue weighted by Gasteiger charge is -2.31. The molecule has 0 aromatic heterocycles. The maximum Gasteiger partial charge on any atom is 0.182 e. The lowest BCUT2D eigenvalue weighted by molar-refractivity contribution is 0.0427. The number of rotatable bonds is 2. The second-order valence-electron chi connectivity index (χ2n) is 2.57. The Hall–Kier alpha value is -0.0551. The maximum atomic E-state index is 5.56. The van der Waals surface area contributed by atoms with Gasteiger partial charge in [-0.25, -0.2) is 0 Å². The standard InChI is InChI=1S/C6H13BN2O/c1-10-6-8-2-4-9(7)5-3-8/h2-6H2,1H3. The summed E-state index contributed by atoms with van der Waals surface area (Å²) in [6.45, 7) is 4.66. The summed E-state index contributed by atoms with van der Waals surface area (Å²) in [7, 11) is 7.28. The maximum absolute atomic E-state index is 5.56. The van der Waals surface area contributed by atoms with Gasteiger partial charge in [0.25, 0.3) is 0 Å². The normalized spacial score (nSPS) is 23.3. The molecule has 0 unspecified atom stereocenters.